The van der Waals surface area contributed by atoms with Gasteiger partial charge in [0.05, 0.1) is 11.6 Å². The van der Waals surface area contributed by atoms with Gasteiger partial charge in [-0.1, -0.05) is 6.07 Å². The van der Waals surface area contributed by atoms with Crippen LogP contribution in [-0.2, 0) is 0 Å². The van der Waals surface area contributed by atoms with Gasteiger partial charge in [-0.2, -0.15) is 5.10 Å². The van der Waals surface area contributed by atoms with Gasteiger partial charge in [0.25, 0.3) is 5.91 Å². The zero-order valence-corrected chi connectivity index (χ0v) is 12.1. The van der Waals surface area contributed by atoms with Gasteiger partial charge in [-0.25, -0.2) is 14.6 Å². The molecule has 0 bridgehead atoms. The van der Waals surface area contributed by atoms with Crippen LogP contribution in [0.2, 0.25) is 0 Å². The van der Waals surface area contributed by atoms with E-state index in [0.29, 0.717) is 11.4 Å². The van der Waals surface area contributed by atoms with E-state index in [0.717, 1.165) is 4.88 Å². The van der Waals surface area contributed by atoms with Gasteiger partial charge in [-0.3, -0.25) is 4.79 Å². The maximum absolute atomic E-state index is 12.5. The zero-order chi connectivity index (χ0) is 14.7. The third kappa shape index (κ3) is 2.82. The summed E-state index contributed by atoms with van der Waals surface area (Å²) in [6.45, 7) is 1.95. The van der Waals surface area contributed by atoms with Crippen molar-refractivity contribution in [2.45, 2.75) is 13.0 Å². The number of aromatic nitrogens is 4. The van der Waals surface area contributed by atoms with Crippen LogP contribution in [0.1, 0.15) is 28.2 Å². The Balaban J connectivity index is 1.85. The van der Waals surface area contributed by atoms with Crippen molar-refractivity contribution in [2.24, 2.45) is 0 Å². The molecule has 0 aliphatic heterocycles. The molecule has 3 aromatic heterocycles. The van der Waals surface area contributed by atoms with Crippen molar-refractivity contribution in [3.8, 4) is 5.82 Å². The van der Waals surface area contributed by atoms with Crippen molar-refractivity contribution in [1.29, 1.82) is 0 Å². The van der Waals surface area contributed by atoms with Crippen molar-refractivity contribution < 1.29 is 4.79 Å². The highest BCUT2D eigenvalue weighted by molar-refractivity contribution is 7.10. The lowest BCUT2D eigenvalue weighted by Gasteiger charge is -2.13. The van der Waals surface area contributed by atoms with Crippen LogP contribution < -0.4 is 5.32 Å². The van der Waals surface area contributed by atoms with Crippen LogP contribution in [0.15, 0.2) is 48.5 Å². The predicted octanol–water partition coefficient (Wildman–Crippen LogP) is 2.21. The highest BCUT2D eigenvalue weighted by Crippen LogP contribution is 2.19. The van der Waals surface area contributed by atoms with Crippen LogP contribution in [0, 0.1) is 0 Å². The van der Waals surface area contributed by atoms with Crippen molar-refractivity contribution >= 4 is 17.2 Å². The van der Waals surface area contributed by atoms with Crippen molar-refractivity contribution in [1.82, 2.24) is 25.1 Å². The Hall–Kier alpha value is -2.54. The van der Waals surface area contributed by atoms with Gasteiger partial charge in [-0.05, 0) is 30.5 Å². The minimum absolute atomic E-state index is 0.0543. The maximum atomic E-state index is 12.5. The van der Waals surface area contributed by atoms with E-state index in [1.807, 2.05) is 24.4 Å². The fourth-order valence-corrected chi connectivity index (χ4v) is 2.69. The molecule has 3 heterocycles. The van der Waals surface area contributed by atoms with Gasteiger partial charge in [0.1, 0.15) is 12.7 Å². The van der Waals surface area contributed by atoms with Crippen LogP contribution >= 0.6 is 11.3 Å². The molecule has 1 atom stereocenters. The molecule has 3 aromatic rings. The molecule has 0 spiro atoms. The first-order chi connectivity index (χ1) is 10.3. The van der Waals surface area contributed by atoms with E-state index in [1.165, 1.54) is 17.3 Å². The number of hydrogen-bond donors (Lipinski definition) is 1. The molecule has 3 rings (SSSR count). The molecule has 0 aromatic carbocycles. The summed E-state index contributed by atoms with van der Waals surface area (Å²) in [5.41, 5.74) is 0.464. The van der Waals surface area contributed by atoms with E-state index >= 15 is 0 Å². The Kier molecular flexibility index (Phi) is 3.74. The fourth-order valence-electron chi connectivity index (χ4n) is 1.96. The minimum atomic E-state index is -0.186. The van der Waals surface area contributed by atoms with Gasteiger partial charge in [0, 0.05) is 11.1 Å². The number of hydrogen-bond acceptors (Lipinski definition) is 5. The van der Waals surface area contributed by atoms with Gasteiger partial charge < -0.3 is 5.32 Å². The molecule has 6 nitrogen and oxygen atoms in total. The normalized spacial score (nSPS) is 12.0. The number of amides is 1. The van der Waals surface area contributed by atoms with E-state index in [2.05, 4.69) is 20.4 Å². The second-order valence-corrected chi connectivity index (χ2v) is 5.40. The molecular formula is C14H13N5OS. The van der Waals surface area contributed by atoms with Gasteiger partial charge in [-0.15, -0.1) is 11.3 Å². The number of thiophene rings is 1. The molecule has 0 fully saturated rings. The molecule has 1 amide bonds. The van der Waals surface area contributed by atoms with E-state index in [-0.39, 0.29) is 11.9 Å². The third-order valence-corrected chi connectivity index (χ3v) is 4.04. The Morgan fingerprint density at radius 1 is 1.38 bits per heavy atom. The van der Waals surface area contributed by atoms with Crippen LogP contribution in [0.3, 0.4) is 0 Å². The molecule has 0 unspecified atom stereocenters. The van der Waals surface area contributed by atoms with E-state index in [4.69, 9.17) is 0 Å². The van der Waals surface area contributed by atoms with Crippen LogP contribution in [0.25, 0.3) is 5.82 Å². The molecule has 0 saturated carbocycles. The lowest BCUT2D eigenvalue weighted by molar-refractivity contribution is 0.0940. The van der Waals surface area contributed by atoms with E-state index in [1.54, 1.807) is 29.7 Å². The SMILES string of the molecule is C[C@@H](NC(=O)c1cccnc1-n1cncn1)c1cccs1. The minimum Gasteiger partial charge on any atom is -0.345 e. The number of nitrogens with one attached hydrogen (secondary N) is 1. The molecule has 0 saturated heterocycles. The molecule has 106 valence electrons. The smallest absolute Gasteiger partial charge is 0.255 e. The standard InChI is InChI=1S/C14H13N5OS/c1-10(12-5-3-7-21-12)18-14(20)11-4-2-6-16-13(11)19-9-15-8-17-19/h2-10H,1H3,(H,18,20)/t10-/m1/s1. The van der Waals surface area contributed by atoms with E-state index < -0.39 is 0 Å². The lowest BCUT2D eigenvalue weighted by Crippen LogP contribution is -2.27. The van der Waals surface area contributed by atoms with Crippen molar-refractivity contribution in [2.75, 3.05) is 0 Å². The summed E-state index contributed by atoms with van der Waals surface area (Å²) in [4.78, 5) is 21.7. The Morgan fingerprint density at radius 3 is 3.00 bits per heavy atom. The summed E-state index contributed by atoms with van der Waals surface area (Å²) in [5.74, 6) is 0.278. The summed E-state index contributed by atoms with van der Waals surface area (Å²) in [6.07, 6.45) is 4.54. The topological polar surface area (TPSA) is 72.7 Å². The largest absolute Gasteiger partial charge is 0.345 e. The van der Waals surface area contributed by atoms with E-state index in [9.17, 15) is 4.79 Å². The summed E-state index contributed by atoms with van der Waals surface area (Å²) in [6, 6.07) is 7.36. The summed E-state index contributed by atoms with van der Waals surface area (Å²) in [5, 5.41) is 8.98. The highest BCUT2D eigenvalue weighted by atomic mass is 32.1. The summed E-state index contributed by atoms with van der Waals surface area (Å²) in [7, 11) is 0. The molecule has 21 heavy (non-hydrogen) atoms. The first-order valence-electron chi connectivity index (χ1n) is 6.40. The lowest BCUT2D eigenvalue weighted by atomic mass is 10.2. The second kappa shape index (κ2) is 5.84. The third-order valence-electron chi connectivity index (χ3n) is 2.98. The van der Waals surface area contributed by atoms with Crippen LogP contribution in [0.4, 0.5) is 0 Å². The molecule has 7 heteroatoms. The molecule has 0 radical (unpaired) electrons. The number of carbonyl (C=O) groups excluding carboxylic acids is 1. The maximum Gasteiger partial charge on any atom is 0.255 e. The Bertz CT molecular complexity index is 724. The average Bonchev–Trinajstić information content (AvgIpc) is 3.20. The van der Waals surface area contributed by atoms with Gasteiger partial charge in [0.2, 0.25) is 0 Å². The first kappa shape index (κ1) is 13.4. The second-order valence-electron chi connectivity index (χ2n) is 4.43. The molecule has 0 aliphatic carbocycles. The monoisotopic (exact) mass is 299 g/mol. The molecular weight excluding hydrogens is 286 g/mol. The van der Waals surface area contributed by atoms with Gasteiger partial charge >= 0.3 is 0 Å². The zero-order valence-electron chi connectivity index (χ0n) is 11.3. The highest BCUT2D eigenvalue weighted by Gasteiger charge is 2.17. The Morgan fingerprint density at radius 2 is 2.29 bits per heavy atom. The number of rotatable bonds is 4. The van der Waals surface area contributed by atoms with Crippen molar-refractivity contribution in [3.63, 3.8) is 0 Å². The summed E-state index contributed by atoms with van der Waals surface area (Å²) < 4.78 is 1.48. The molecule has 0 aliphatic rings. The number of pyridine rings is 1. The number of nitrogens with zero attached hydrogens (tertiary/aromatic N) is 4. The quantitative estimate of drug-likeness (QED) is 0.801. The number of carbonyl (C=O) groups is 1. The first-order valence-corrected chi connectivity index (χ1v) is 7.28. The van der Waals surface area contributed by atoms with Crippen molar-refractivity contribution in [3.05, 3.63) is 58.9 Å². The average molecular weight is 299 g/mol. The Labute approximate surface area is 125 Å². The van der Waals surface area contributed by atoms with Crippen LogP contribution in [-0.4, -0.2) is 25.7 Å². The summed E-state index contributed by atoms with van der Waals surface area (Å²) >= 11 is 1.61. The fraction of sp³-hybridized carbons (Fsp3) is 0.143. The van der Waals surface area contributed by atoms with Gasteiger partial charge in [0.15, 0.2) is 5.82 Å². The van der Waals surface area contributed by atoms with Crippen LogP contribution in [0.5, 0.6) is 0 Å². The predicted molar refractivity (Wildman–Crippen MR) is 79.4 cm³/mol. The molecule has 1 N–H and O–H groups in total.